The third kappa shape index (κ3) is 5.09. The zero-order chi connectivity index (χ0) is 16.9. The summed E-state index contributed by atoms with van der Waals surface area (Å²) in [6, 6.07) is 0.537. The van der Waals surface area contributed by atoms with Crippen LogP contribution in [0.15, 0.2) is 4.99 Å². The average Bonchev–Trinajstić information content (AvgIpc) is 3.48. The molecule has 2 saturated carbocycles. The third-order valence-electron chi connectivity index (χ3n) is 5.95. The summed E-state index contributed by atoms with van der Waals surface area (Å²) in [5.74, 6) is 4.45. The first-order valence-electron chi connectivity index (χ1n) is 9.95. The SMILES string of the molecule is CN=C(NCC(C1CC1)C1CC1)NCC(C(C)C)N1CCOCC1. The monoisotopic (exact) mass is 336 g/mol. The molecular formula is C19H36N4O. The zero-order valence-electron chi connectivity index (χ0n) is 15.8. The van der Waals surface area contributed by atoms with E-state index in [-0.39, 0.29) is 0 Å². The van der Waals surface area contributed by atoms with Crippen molar-refractivity contribution in [2.24, 2.45) is 28.7 Å². The van der Waals surface area contributed by atoms with E-state index < -0.39 is 0 Å². The highest BCUT2D eigenvalue weighted by Gasteiger charge is 2.41. The largest absolute Gasteiger partial charge is 0.379 e. The summed E-state index contributed by atoms with van der Waals surface area (Å²) in [4.78, 5) is 7.01. The maximum absolute atomic E-state index is 5.50. The normalized spacial score (nSPS) is 24.5. The number of morpholine rings is 1. The van der Waals surface area contributed by atoms with Gasteiger partial charge in [-0.2, -0.15) is 0 Å². The van der Waals surface area contributed by atoms with Crippen molar-refractivity contribution < 1.29 is 4.74 Å². The molecule has 1 aliphatic heterocycles. The fourth-order valence-corrected chi connectivity index (χ4v) is 4.10. The number of hydrogen-bond acceptors (Lipinski definition) is 3. The van der Waals surface area contributed by atoms with Gasteiger partial charge in [-0.1, -0.05) is 13.8 Å². The Hall–Kier alpha value is -0.810. The highest BCUT2D eigenvalue weighted by molar-refractivity contribution is 5.79. The highest BCUT2D eigenvalue weighted by atomic mass is 16.5. The second kappa shape index (κ2) is 8.52. The van der Waals surface area contributed by atoms with Gasteiger partial charge < -0.3 is 15.4 Å². The highest BCUT2D eigenvalue weighted by Crippen LogP contribution is 2.48. The summed E-state index contributed by atoms with van der Waals surface area (Å²) in [6.45, 7) is 10.5. The molecule has 0 aromatic heterocycles. The van der Waals surface area contributed by atoms with E-state index in [1.165, 1.54) is 25.7 Å². The van der Waals surface area contributed by atoms with Gasteiger partial charge >= 0.3 is 0 Å². The molecule has 0 aromatic rings. The fourth-order valence-electron chi connectivity index (χ4n) is 4.10. The van der Waals surface area contributed by atoms with Gasteiger partial charge in [-0.15, -0.1) is 0 Å². The Balaban J connectivity index is 1.44. The Labute approximate surface area is 147 Å². The van der Waals surface area contributed by atoms with Crippen LogP contribution in [-0.4, -0.2) is 63.3 Å². The Morgan fingerprint density at radius 2 is 1.62 bits per heavy atom. The Morgan fingerprint density at radius 3 is 2.12 bits per heavy atom. The first-order valence-corrected chi connectivity index (χ1v) is 9.95. The summed E-state index contributed by atoms with van der Waals surface area (Å²) in [7, 11) is 1.89. The van der Waals surface area contributed by atoms with E-state index in [4.69, 9.17) is 4.74 Å². The molecule has 0 amide bonds. The summed E-state index contributed by atoms with van der Waals surface area (Å²) >= 11 is 0. The van der Waals surface area contributed by atoms with Crippen LogP contribution < -0.4 is 10.6 Å². The van der Waals surface area contributed by atoms with Crippen LogP contribution >= 0.6 is 0 Å². The quantitative estimate of drug-likeness (QED) is 0.525. The summed E-state index contributed by atoms with van der Waals surface area (Å²) in [5.41, 5.74) is 0. The van der Waals surface area contributed by atoms with E-state index in [2.05, 4.69) is 34.4 Å². The van der Waals surface area contributed by atoms with Gasteiger partial charge in [0.25, 0.3) is 0 Å². The molecule has 24 heavy (non-hydrogen) atoms. The van der Waals surface area contributed by atoms with E-state index in [9.17, 15) is 0 Å². The number of rotatable bonds is 8. The zero-order valence-corrected chi connectivity index (χ0v) is 15.8. The number of guanidine groups is 1. The minimum absolute atomic E-state index is 0.537. The van der Waals surface area contributed by atoms with Gasteiger partial charge in [0.2, 0.25) is 0 Å². The molecule has 138 valence electrons. The predicted octanol–water partition coefficient (Wildman–Crippen LogP) is 1.94. The molecule has 3 fully saturated rings. The molecule has 0 spiro atoms. The lowest BCUT2D eigenvalue weighted by molar-refractivity contribution is 0.00752. The molecular weight excluding hydrogens is 300 g/mol. The lowest BCUT2D eigenvalue weighted by Crippen LogP contribution is -2.53. The van der Waals surface area contributed by atoms with Gasteiger partial charge in [-0.3, -0.25) is 9.89 Å². The van der Waals surface area contributed by atoms with E-state index in [0.29, 0.717) is 12.0 Å². The van der Waals surface area contributed by atoms with E-state index in [1.54, 1.807) is 0 Å². The number of hydrogen-bond donors (Lipinski definition) is 2. The second-order valence-electron chi connectivity index (χ2n) is 8.13. The average molecular weight is 337 g/mol. The number of nitrogens with zero attached hydrogens (tertiary/aromatic N) is 2. The smallest absolute Gasteiger partial charge is 0.191 e. The van der Waals surface area contributed by atoms with Gasteiger partial charge in [0.1, 0.15) is 0 Å². The molecule has 1 unspecified atom stereocenters. The van der Waals surface area contributed by atoms with Crippen LogP contribution in [0, 0.1) is 23.7 Å². The van der Waals surface area contributed by atoms with Crippen LogP contribution in [0.25, 0.3) is 0 Å². The predicted molar refractivity (Wildman–Crippen MR) is 99.3 cm³/mol. The van der Waals surface area contributed by atoms with Crippen LogP contribution in [0.2, 0.25) is 0 Å². The molecule has 1 atom stereocenters. The van der Waals surface area contributed by atoms with Crippen molar-refractivity contribution in [1.82, 2.24) is 15.5 Å². The maximum Gasteiger partial charge on any atom is 0.191 e. The topological polar surface area (TPSA) is 48.9 Å². The van der Waals surface area contributed by atoms with Crippen LogP contribution in [0.4, 0.5) is 0 Å². The molecule has 0 aromatic carbocycles. The Kier molecular flexibility index (Phi) is 6.39. The number of aliphatic imine (C=N–C) groups is 1. The standard InChI is InChI=1S/C19H36N4O/c1-14(2)18(23-8-10-24-11-9-23)13-22-19(20-3)21-12-17(15-4-5-15)16-6-7-16/h14-18H,4-13H2,1-3H3,(H2,20,21,22). The molecule has 3 aliphatic rings. The number of nitrogens with one attached hydrogen (secondary N) is 2. The van der Waals surface area contributed by atoms with Crippen LogP contribution in [0.5, 0.6) is 0 Å². The molecule has 1 heterocycles. The molecule has 2 N–H and O–H groups in total. The van der Waals surface area contributed by atoms with Crippen molar-refractivity contribution in [3.8, 4) is 0 Å². The van der Waals surface area contributed by atoms with Gasteiger partial charge in [0.15, 0.2) is 5.96 Å². The Morgan fingerprint density at radius 1 is 1.04 bits per heavy atom. The summed E-state index contributed by atoms with van der Waals surface area (Å²) < 4.78 is 5.50. The Bertz CT molecular complexity index is 400. The van der Waals surface area contributed by atoms with E-state index >= 15 is 0 Å². The lowest BCUT2D eigenvalue weighted by atomic mass is 9.98. The molecule has 2 aliphatic carbocycles. The van der Waals surface area contributed by atoms with Crippen LogP contribution in [0.1, 0.15) is 39.5 Å². The maximum atomic E-state index is 5.50. The number of ether oxygens (including phenoxy) is 1. The second-order valence-corrected chi connectivity index (χ2v) is 8.13. The van der Waals surface area contributed by atoms with Crippen molar-refractivity contribution in [1.29, 1.82) is 0 Å². The summed E-state index contributed by atoms with van der Waals surface area (Å²) in [6.07, 6.45) is 5.78. The van der Waals surface area contributed by atoms with Crippen molar-refractivity contribution in [2.45, 2.75) is 45.6 Å². The van der Waals surface area contributed by atoms with Crippen molar-refractivity contribution in [3.05, 3.63) is 0 Å². The van der Waals surface area contributed by atoms with Gasteiger partial charge in [-0.05, 0) is 49.4 Å². The van der Waals surface area contributed by atoms with Crippen LogP contribution in [-0.2, 0) is 4.74 Å². The minimum atomic E-state index is 0.537. The molecule has 0 bridgehead atoms. The van der Waals surface area contributed by atoms with Gasteiger partial charge in [0, 0.05) is 39.3 Å². The molecule has 5 heteroatoms. The fraction of sp³-hybridized carbons (Fsp3) is 0.947. The molecule has 0 radical (unpaired) electrons. The van der Waals surface area contributed by atoms with Crippen molar-refractivity contribution in [3.63, 3.8) is 0 Å². The van der Waals surface area contributed by atoms with Gasteiger partial charge in [-0.25, -0.2) is 0 Å². The molecule has 3 rings (SSSR count). The van der Waals surface area contributed by atoms with Crippen molar-refractivity contribution >= 4 is 5.96 Å². The van der Waals surface area contributed by atoms with E-state index in [0.717, 1.165) is 63.1 Å². The minimum Gasteiger partial charge on any atom is -0.379 e. The first-order chi connectivity index (χ1) is 11.7. The first kappa shape index (κ1) is 18.0. The molecule has 1 saturated heterocycles. The van der Waals surface area contributed by atoms with Crippen molar-refractivity contribution in [2.75, 3.05) is 46.4 Å². The molecule has 5 nitrogen and oxygen atoms in total. The lowest BCUT2D eigenvalue weighted by Gasteiger charge is -2.37. The van der Waals surface area contributed by atoms with E-state index in [1.807, 2.05) is 7.05 Å². The third-order valence-corrected chi connectivity index (χ3v) is 5.95. The van der Waals surface area contributed by atoms with Gasteiger partial charge in [0.05, 0.1) is 13.2 Å². The summed E-state index contributed by atoms with van der Waals surface area (Å²) in [5, 5.41) is 7.18. The van der Waals surface area contributed by atoms with Crippen LogP contribution in [0.3, 0.4) is 0 Å².